The molecular weight excluding hydrogens is 378 g/mol. The van der Waals surface area contributed by atoms with Crippen LogP contribution in [0, 0.1) is 0 Å². The van der Waals surface area contributed by atoms with E-state index in [1.165, 1.54) is 25.3 Å². The van der Waals surface area contributed by atoms with E-state index in [2.05, 4.69) is 5.32 Å². The summed E-state index contributed by atoms with van der Waals surface area (Å²) < 4.78 is 34.7. The Labute approximate surface area is 158 Å². The molecule has 2 aromatic carbocycles. The molecule has 0 saturated heterocycles. The van der Waals surface area contributed by atoms with Gasteiger partial charge < -0.3 is 14.8 Å². The highest BCUT2D eigenvalue weighted by atomic mass is 35.5. The molecule has 0 aromatic heterocycles. The minimum absolute atomic E-state index is 0.0613. The molecule has 0 aliphatic heterocycles. The topological polar surface area (TPSA) is 81.7 Å². The van der Waals surface area contributed by atoms with Crippen LogP contribution in [0.15, 0.2) is 47.4 Å². The van der Waals surface area contributed by atoms with Gasteiger partial charge in [0.05, 0.1) is 29.9 Å². The van der Waals surface area contributed by atoms with Crippen LogP contribution in [0.5, 0.6) is 11.5 Å². The van der Waals surface area contributed by atoms with E-state index in [9.17, 15) is 13.2 Å². The van der Waals surface area contributed by atoms with Crippen molar-refractivity contribution < 1.29 is 22.7 Å². The van der Waals surface area contributed by atoms with E-state index in [-0.39, 0.29) is 28.0 Å². The highest BCUT2D eigenvalue weighted by molar-refractivity contribution is 7.91. The van der Waals surface area contributed by atoms with Crippen LogP contribution in [0.2, 0.25) is 5.02 Å². The van der Waals surface area contributed by atoms with Gasteiger partial charge in [0.25, 0.3) is 0 Å². The lowest BCUT2D eigenvalue weighted by Gasteiger charge is -2.09. The largest absolute Gasteiger partial charge is 0.497 e. The fourth-order valence-electron chi connectivity index (χ4n) is 2.22. The predicted octanol–water partition coefficient (Wildman–Crippen LogP) is 2.84. The average Bonchev–Trinajstić information content (AvgIpc) is 2.65. The Morgan fingerprint density at radius 3 is 2.35 bits per heavy atom. The van der Waals surface area contributed by atoms with Gasteiger partial charge in [0, 0.05) is 13.0 Å². The van der Waals surface area contributed by atoms with E-state index >= 15 is 0 Å². The number of hydrogen-bond donors (Lipinski definition) is 1. The van der Waals surface area contributed by atoms with Crippen molar-refractivity contribution >= 4 is 27.3 Å². The fourth-order valence-corrected chi connectivity index (χ4v) is 3.80. The van der Waals surface area contributed by atoms with Gasteiger partial charge in [-0.3, -0.25) is 4.79 Å². The average molecular weight is 398 g/mol. The summed E-state index contributed by atoms with van der Waals surface area (Å²) in [7, 11) is -0.589. The number of rotatable bonds is 8. The standard InChI is InChI=1S/C18H20ClNO5S/c1-24-14-5-3-13(4-6-14)12-20-18(21)9-10-26(22,23)15-7-8-17(25-2)16(19)11-15/h3-8,11H,9-10,12H2,1-2H3,(H,20,21). The molecule has 1 N–H and O–H groups in total. The van der Waals surface area contributed by atoms with Gasteiger partial charge in [-0.1, -0.05) is 23.7 Å². The van der Waals surface area contributed by atoms with E-state index in [0.717, 1.165) is 11.3 Å². The minimum atomic E-state index is -3.61. The molecule has 140 valence electrons. The predicted molar refractivity (Wildman–Crippen MR) is 99.5 cm³/mol. The van der Waals surface area contributed by atoms with Crippen LogP contribution in [0.25, 0.3) is 0 Å². The number of methoxy groups -OCH3 is 2. The Bertz CT molecular complexity index is 866. The lowest BCUT2D eigenvalue weighted by atomic mass is 10.2. The van der Waals surface area contributed by atoms with Gasteiger partial charge in [-0.05, 0) is 35.9 Å². The third-order valence-corrected chi connectivity index (χ3v) is 5.74. The summed E-state index contributed by atoms with van der Waals surface area (Å²) in [4.78, 5) is 12.0. The number of carbonyl (C=O) groups is 1. The highest BCUT2D eigenvalue weighted by Crippen LogP contribution is 2.27. The molecule has 0 bridgehead atoms. The smallest absolute Gasteiger partial charge is 0.221 e. The molecule has 0 aliphatic carbocycles. The molecule has 2 aromatic rings. The van der Waals surface area contributed by atoms with Gasteiger partial charge in [0.15, 0.2) is 9.84 Å². The quantitative estimate of drug-likeness (QED) is 0.740. The van der Waals surface area contributed by atoms with E-state index in [1.54, 1.807) is 19.2 Å². The molecule has 1 amide bonds. The first-order valence-corrected chi connectivity index (χ1v) is 9.84. The molecule has 8 heteroatoms. The molecule has 2 rings (SSSR count). The number of carbonyl (C=O) groups excluding carboxylic acids is 1. The monoisotopic (exact) mass is 397 g/mol. The number of halogens is 1. The minimum Gasteiger partial charge on any atom is -0.497 e. The summed E-state index contributed by atoms with van der Waals surface area (Å²) in [5.74, 6) is 0.473. The first kappa shape index (κ1) is 20.1. The van der Waals surface area contributed by atoms with Crippen LogP contribution in [0.3, 0.4) is 0 Å². The molecule has 6 nitrogen and oxygen atoms in total. The van der Waals surface area contributed by atoms with E-state index < -0.39 is 9.84 Å². The number of amides is 1. The molecule has 0 saturated carbocycles. The van der Waals surface area contributed by atoms with Gasteiger partial charge in [-0.15, -0.1) is 0 Å². The number of sulfone groups is 1. The normalized spacial score (nSPS) is 11.0. The zero-order chi connectivity index (χ0) is 19.2. The van der Waals surface area contributed by atoms with Crippen molar-refractivity contribution in [3.05, 3.63) is 53.1 Å². The Morgan fingerprint density at radius 2 is 1.77 bits per heavy atom. The molecule has 0 radical (unpaired) electrons. The van der Waals surface area contributed by atoms with Crippen molar-refractivity contribution in [1.82, 2.24) is 5.32 Å². The SMILES string of the molecule is COc1ccc(CNC(=O)CCS(=O)(=O)c2ccc(OC)c(Cl)c2)cc1. The van der Waals surface area contributed by atoms with Crippen LogP contribution in [0.4, 0.5) is 0 Å². The van der Waals surface area contributed by atoms with Gasteiger partial charge in [0.2, 0.25) is 5.91 Å². The molecule has 0 heterocycles. The molecular formula is C18H20ClNO5S. The second-order valence-electron chi connectivity index (χ2n) is 5.49. The first-order chi connectivity index (χ1) is 12.4. The first-order valence-electron chi connectivity index (χ1n) is 7.81. The van der Waals surface area contributed by atoms with Crippen LogP contribution in [-0.2, 0) is 21.2 Å². The summed E-state index contributed by atoms with van der Waals surface area (Å²) >= 11 is 5.96. The zero-order valence-electron chi connectivity index (χ0n) is 14.5. The second-order valence-corrected chi connectivity index (χ2v) is 8.01. The second kappa shape index (κ2) is 8.91. The maximum atomic E-state index is 12.3. The number of benzene rings is 2. The summed E-state index contributed by atoms with van der Waals surface area (Å²) in [6.07, 6.45) is -0.137. The maximum Gasteiger partial charge on any atom is 0.221 e. The Balaban J connectivity index is 1.89. The maximum absolute atomic E-state index is 12.3. The molecule has 0 fully saturated rings. The van der Waals surface area contributed by atoms with Gasteiger partial charge in [-0.25, -0.2) is 8.42 Å². The molecule has 0 unspecified atom stereocenters. The van der Waals surface area contributed by atoms with Crippen LogP contribution >= 0.6 is 11.6 Å². The van der Waals surface area contributed by atoms with Crippen LogP contribution in [-0.4, -0.2) is 34.3 Å². The van der Waals surface area contributed by atoms with Crippen LogP contribution < -0.4 is 14.8 Å². The van der Waals surface area contributed by atoms with Crippen molar-refractivity contribution in [2.45, 2.75) is 17.9 Å². The lowest BCUT2D eigenvalue weighted by Crippen LogP contribution is -2.25. The van der Waals surface area contributed by atoms with Crippen molar-refractivity contribution in [2.24, 2.45) is 0 Å². The van der Waals surface area contributed by atoms with E-state index in [1.807, 2.05) is 12.1 Å². The summed E-state index contributed by atoms with van der Waals surface area (Å²) in [5, 5.41) is 2.91. The molecule has 0 aliphatic rings. The number of nitrogens with one attached hydrogen (secondary N) is 1. The van der Waals surface area contributed by atoms with Crippen molar-refractivity contribution in [1.29, 1.82) is 0 Å². The number of ether oxygens (including phenoxy) is 2. The third-order valence-electron chi connectivity index (χ3n) is 3.73. The Hall–Kier alpha value is -2.25. The van der Waals surface area contributed by atoms with E-state index in [4.69, 9.17) is 21.1 Å². The van der Waals surface area contributed by atoms with E-state index in [0.29, 0.717) is 12.3 Å². The summed E-state index contributed by atoms with van der Waals surface area (Å²) in [6, 6.07) is 11.5. The molecule has 26 heavy (non-hydrogen) atoms. The van der Waals surface area contributed by atoms with Crippen molar-refractivity contribution in [2.75, 3.05) is 20.0 Å². The third kappa shape index (κ3) is 5.37. The van der Waals surface area contributed by atoms with Crippen LogP contribution in [0.1, 0.15) is 12.0 Å². The highest BCUT2D eigenvalue weighted by Gasteiger charge is 2.18. The Morgan fingerprint density at radius 1 is 1.08 bits per heavy atom. The van der Waals surface area contributed by atoms with Gasteiger partial charge in [-0.2, -0.15) is 0 Å². The van der Waals surface area contributed by atoms with Gasteiger partial charge >= 0.3 is 0 Å². The summed E-state index contributed by atoms with van der Waals surface area (Å²) in [5.41, 5.74) is 0.893. The molecule has 0 atom stereocenters. The van der Waals surface area contributed by atoms with Crippen molar-refractivity contribution in [3.63, 3.8) is 0 Å². The van der Waals surface area contributed by atoms with Crippen molar-refractivity contribution in [3.8, 4) is 11.5 Å². The molecule has 0 spiro atoms. The van der Waals surface area contributed by atoms with Gasteiger partial charge in [0.1, 0.15) is 11.5 Å². The summed E-state index contributed by atoms with van der Waals surface area (Å²) in [6.45, 7) is 0.317. The zero-order valence-corrected chi connectivity index (χ0v) is 16.1. The fraction of sp³-hybridized carbons (Fsp3) is 0.278. The number of hydrogen-bond acceptors (Lipinski definition) is 5. The lowest BCUT2D eigenvalue weighted by molar-refractivity contribution is -0.120. The Kier molecular flexibility index (Phi) is 6.88.